The van der Waals surface area contributed by atoms with Crippen molar-refractivity contribution in [2.45, 2.75) is 13.3 Å². The summed E-state index contributed by atoms with van der Waals surface area (Å²) in [5.74, 6) is -1.16. The molecule has 1 N–H and O–H groups in total. The van der Waals surface area contributed by atoms with Gasteiger partial charge in [-0.3, -0.25) is 4.79 Å². The van der Waals surface area contributed by atoms with Gasteiger partial charge in [-0.1, -0.05) is 6.92 Å². The van der Waals surface area contributed by atoms with E-state index in [1.54, 1.807) is 31.2 Å². The first kappa shape index (κ1) is 15.5. The molecular formula is C16H15NO5. The smallest absolute Gasteiger partial charge is 0.348 e. The molecule has 0 unspecified atom stereocenters. The van der Waals surface area contributed by atoms with Gasteiger partial charge in [-0.15, -0.1) is 0 Å². The molecule has 0 spiro atoms. The monoisotopic (exact) mass is 301 g/mol. The number of cyclic esters (lactones) is 1. The Balaban J connectivity index is 2.11. The molecule has 114 valence electrons. The molecule has 0 aliphatic carbocycles. The first-order valence-electron chi connectivity index (χ1n) is 6.67. The summed E-state index contributed by atoms with van der Waals surface area (Å²) in [5.41, 5.74) is 0.949. The van der Waals surface area contributed by atoms with Crippen molar-refractivity contribution in [1.29, 1.82) is 0 Å². The lowest BCUT2D eigenvalue weighted by atomic mass is 10.1. The number of hydrogen-bond acceptors (Lipinski definition) is 6. The number of hydrogen-bond donors (Lipinski definition) is 1. The van der Waals surface area contributed by atoms with E-state index in [4.69, 9.17) is 4.74 Å². The number of methoxy groups -OCH3 is 1. The van der Waals surface area contributed by atoms with Crippen LogP contribution in [0.2, 0.25) is 0 Å². The lowest BCUT2D eigenvalue weighted by molar-refractivity contribution is -0.137. The Bertz CT molecular complexity index is 670. The van der Waals surface area contributed by atoms with Crippen molar-refractivity contribution in [1.82, 2.24) is 0 Å². The van der Waals surface area contributed by atoms with Crippen molar-refractivity contribution in [2.24, 2.45) is 0 Å². The van der Waals surface area contributed by atoms with Crippen molar-refractivity contribution < 1.29 is 23.9 Å². The summed E-state index contributed by atoms with van der Waals surface area (Å²) >= 11 is 0. The number of ether oxygens (including phenoxy) is 2. The highest BCUT2D eigenvalue weighted by Crippen LogP contribution is 2.17. The van der Waals surface area contributed by atoms with Gasteiger partial charge in [0.25, 0.3) is 0 Å². The summed E-state index contributed by atoms with van der Waals surface area (Å²) in [4.78, 5) is 34.9. The number of anilines is 1. The lowest BCUT2D eigenvalue weighted by Gasteiger charge is -2.13. The van der Waals surface area contributed by atoms with Gasteiger partial charge in [0, 0.05) is 24.4 Å². The normalized spacial score (nSPS) is 16.1. The molecule has 0 atom stereocenters. The van der Waals surface area contributed by atoms with E-state index in [0.29, 0.717) is 23.4 Å². The summed E-state index contributed by atoms with van der Waals surface area (Å²) in [5, 5.41) is 2.83. The van der Waals surface area contributed by atoms with Crippen LogP contribution in [0.15, 0.2) is 47.9 Å². The van der Waals surface area contributed by atoms with Crippen LogP contribution in [0.1, 0.15) is 23.7 Å². The second-order valence-corrected chi connectivity index (χ2v) is 4.49. The minimum atomic E-state index is -0.678. The molecule has 6 nitrogen and oxygen atoms in total. The predicted molar refractivity (Wildman–Crippen MR) is 79.0 cm³/mol. The zero-order valence-electron chi connectivity index (χ0n) is 12.2. The Morgan fingerprint density at radius 3 is 2.50 bits per heavy atom. The molecule has 1 aromatic rings. The van der Waals surface area contributed by atoms with Crippen LogP contribution in [0.25, 0.3) is 0 Å². The topological polar surface area (TPSA) is 81.7 Å². The highest BCUT2D eigenvalue weighted by molar-refractivity contribution is 6.23. The van der Waals surface area contributed by atoms with Gasteiger partial charge in [0.1, 0.15) is 11.3 Å². The SMILES string of the molecule is CCC1=CC(=O)C(=CNc2ccc(C(=O)OC)cc2)C(=O)O1. The summed E-state index contributed by atoms with van der Waals surface area (Å²) in [7, 11) is 1.30. The fraction of sp³-hybridized carbons (Fsp3) is 0.188. The second kappa shape index (κ2) is 6.71. The number of esters is 2. The van der Waals surface area contributed by atoms with E-state index < -0.39 is 17.7 Å². The van der Waals surface area contributed by atoms with Gasteiger partial charge in [-0.05, 0) is 24.3 Å². The molecule has 1 heterocycles. The Kier molecular flexibility index (Phi) is 4.73. The summed E-state index contributed by atoms with van der Waals surface area (Å²) in [6, 6.07) is 6.41. The number of carbonyl (C=O) groups excluding carboxylic acids is 3. The quantitative estimate of drug-likeness (QED) is 0.521. The van der Waals surface area contributed by atoms with E-state index in [9.17, 15) is 14.4 Å². The Morgan fingerprint density at radius 1 is 1.27 bits per heavy atom. The molecule has 22 heavy (non-hydrogen) atoms. The molecule has 0 saturated heterocycles. The predicted octanol–water partition coefficient (Wildman–Crippen LogP) is 2.19. The van der Waals surface area contributed by atoms with Crippen LogP contribution in [0, 0.1) is 0 Å². The van der Waals surface area contributed by atoms with Crippen LogP contribution < -0.4 is 5.32 Å². The van der Waals surface area contributed by atoms with Gasteiger partial charge in [-0.25, -0.2) is 9.59 Å². The Labute approximate surface area is 127 Å². The second-order valence-electron chi connectivity index (χ2n) is 4.49. The van der Waals surface area contributed by atoms with Gasteiger partial charge in [0.2, 0.25) is 0 Å². The lowest BCUT2D eigenvalue weighted by Crippen LogP contribution is -2.21. The third-order valence-electron chi connectivity index (χ3n) is 3.04. The number of benzene rings is 1. The highest BCUT2D eigenvalue weighted by atomic mass is 16.5. The van der Waals surface area contributed by atoms with Gasteiger partial charge in [-0.2, -0.15) is 0 Å². The zero-order chi connectivity index (χ0) is 16.1. The minimum Gasteiger partial charge on any atom is -0.465 e. The molecule has 1 aromatic carbocycles. The van der Waals surface area contributed by atoms with E-state index in [-0.39, 0.29) is 5.57 Å². The van der Waals surface area contributed by atoms with Crippen molar-refractivity contribution in [3.05, 3.63) is 53.4 Å². The fourth-order valence-corrected chi connectivity index (χ4v) is 1.81. The molecule has 0 aromatic heterocycles. The van der Waals surface area contributed by atoms with Gasteiger partial charge in [0.15, 0.2) is 5.78 Å². The molecular weight excluding hydrogens is 286 g/mol. The molecule has 0 fully saturated rings. The van der Waals surface area contributed by atoms with Crippen LogP contribution in [0.4, 0.5) is 5.69 Å². The van der Waals surface area contributed by atoms with E-state index in [0.717, 1.165) is 0 Å². The highest BCUT2D eigenvalue weighted by Gasteiger charge is 2.25. The number of rotatable bonds is 4. The first-order chi connectivity index (χ1) is 10.5. The van der Waals surface area contributed by atoms with Crippen molar-refractivity contribution >= 4 is 23.4 Å². The fourth-order valence-electron chi connectivity index (χ4n) is 1.81. The standard InChI is InChI=1S/C16H15NO5/c1-3-12-8-14(18)13(16(20)22-12)9-17-11-6-4-10(5-7-11)15(19)21-2/h4-9,17H,3H2,1-2H3. The van der Waals surface area contributed by atoms with Crippen LogP contribution in [-0.2, 0) is 19.1 Å². The van der Waals surface area contributed by atoms with Crippen molar-refractivity contribution in [2.75, 3.05) is 12.4 Å². The van der Waals surface area contributed by atoms with Crippen LogP contribution in [0.5, 0.6) is 0 Å². The van der Waals surface area contributed by atoms with Gasteiger partial charge in [0.05, 0.1) is 12.7 Å². The maximum absolute atomic E-state index is 11.8. The number of allylic oxidation sites excluding steroid dienone is 2. The van der Waals surface area contributed by atoms with E-state index in [1.807, 2.05) is 0 Å². The molecule has 0 amide bonds. The first-order valence-corrected chi connectivity index (χ1v) is 6.67. The molecule has 0 radical (unpaired) electrons. The maximum Gasteiger partial charge on any atom is 0.348 e. The summed E-state index contributed by atoms with van der Waals surface area (Å²) < 4.78 is 9.60. The molecule has 2 rings (SSSR count). The number of nitrogens with one attached hydrogen (secondary N) is 1. The Morgan fingerprint density at radius 2 is 1.95 bits per heavy atom. The summed E-state index contributed by atoms with van der Waals surface area (Å²) in [6.45, 7) is 1.79. The molecule has 1 aliphatic rings. The average Bonchev–Trinajstić information content (AvgIpc) is 2.53. The number of carbonyl (C=O) groups is 3. The van der Waals surface area contributed by atoms with Crippen LogP contribution >= 0.6 is 0 Å². The van der Waals surface area contributed by atoms with E-state index in [2.05, 4.69) is 10.1 Å². The maximum atomic E-state index is 11.8. The molecule has 1 aliphatic heterocycles. The minimum absolute atomic E-state index is 0.0748. The Hall–Kier alpha value is -2.89. The molecule has 0 saturated carbocycles. The molecule has 0 bridgehead atoms. The summed E-state index contributed by atoms with van der Waals surface area (Å²) in [6.07, 6.45) is 3.07. The van der Waals surface area contributed by atoms with Crippen molar-refractivity contribution in [3.8, 4) is 0 Å². The third-order valence-corrected chi connectivity index (χ3v) is 3.04. The van der Waals surface area contributed by atoms with E-state index in [1.165, 1.54) is 19.4 Å². The van der Waals surface area contributed by atoms with Crippen molar-refractivity contribution in [3.63, 3.8) is 0 Å². The van der Waals surface area contributed by atoms with Crippen LogP contribution in [-0.4, -0.2) is 24.8 Å². The van der Waals surface area contributed by atoms with Gasteiger partial charge < -0.3 is 14.8 Å². The van der Waals surface area contributed by atoms with Gasteiger partial charge >= 0.3 is 11.9 Å². The zero-order valence-corrected chi connectivity index (χ0v) is 12.2. The largest absolute Gasteiger partial charge is 0.465 e. The average molecular weight is 301 g/mol. The molecule has 6 heteroatoms. The van der Waals surface area contributed by atoms with Crippen LogP contribution in [0.3, 0.4) is 0 Å². The third kappa shape index (κ3) is 3.41. The number of ketones is 1. The van der Waals surface area contributed by atoms with E-state index >= 15 is 0 Å².